The van der Waals surface area contributed by atoms with E-state index < -0.39 is 0 Å². The number of nitrogens with zero attached hydrogens (tertiary/aromatic N) is 2. The minimum atomic E-state index is -0.120. The number of aromatic nitrogens is 3. The third-order valence-electron chi connectivity index (χ3n) is 2.18. The Kier molecular flexibility index (Phi) is 6.20. The number of rotatable bonds is 4. The molecule has 0 fully saturated rings. The van der Waals surface area contributed by atoms with E-state index in [1.807, 2.05) is 13.8 Å². The van der Waals surface area contributed by atoms with Crippen LogP contribution in [0.1, 0.15) is 19.4 Å². The van der Waals surface area contributed by atoms with E-state index in [1.54, 1.807) is 7.05 Å². The summed E-state index contributed by atoms with van der Waals surface area (Å²) in [6.07, 6.45) is 1.41. The molecule has 2 rings (SSSR count). The number of halogens is 2. The van der Waals surface area contributed by atoms with Crippen LogP contribution in [0.2, 0.25) is 0 Å². The van der Waals surface area contributed by atoms with Gasteiger partial charge in [-0.2, -0.15) is 0 Å². The van der Waals surface area contributed by atoms with E-state index in [1.165, 1.54) is 6.33 Å². The highest BCUT2D eigenvalue weighted by atomic mass is 35.7. The smallest absolute Gasteiger partial charge is 0.153 e. The summed E-state index contributed by atoms with van der Waals surface area (Å²) in [5.41, 5.74) is 1.70. The summed E-state index contributed by atoms with van der Waals surface area (Å²) in [7, 11) is 7.28. The quantitative estimate of drug-likeness (QED) is 0.508. The monoisotopic (exact) mass is 320 g/mol. The van der Waals surface area contributed by atoms with E-state index in [0.717, 1.165) is 11.2 Å². The van der Waals surface area contributed by atoms with Gasteiger partial charge in [0, 0.05) is 7.05 Å². The average Bonchev–Trinajstić information content (AvgIpc) is 2.79. The van der Waals surface area contributed by atoms with E-state index >= 15 is 0 Å². The zero-order valence-corrected chi connectivity index (χ0v) is 13.0. The van der Waals surface area contributed by atoms with Crippen LogP contribution in [-0.2, 0) is 0 Å². The van der Waals surface area contributed by atoms with Crippen molar-refractivity contribution < 1.29 is 0 Å². The van der Waals surface area contributed by atoms with Crippen LogP contribution in [0.15, 0.2) is 6.33 Å². The second kappa shape index (κ2) is 7.42. The number of H-pyrrole nitrogens is 1. The topological polar surface area (TPSA) is 89.5 Å². The van der Waals surface area contributed by atoms with Crippen molar-refractivity contribution in [1.29, 1.82) is 5.41 Å². The van der Waals surface area contributed by atoms with Gasteiger partial charge in [-0.1, -0.05) is 25.4 Å². The van der Waals surface area contributed by atoms with E-state index in [0.29, 0.717) is 28.2 Å². The van der Waals surface area contributed by atoms with Crippen molar-refractivity contribution in [3.05, 3.63) is 11.9 Å². The van der Waals surface area contributed by atoms with E-state index in [9.17, 15) is 0 Å². The summed E-state index contributed by atoms with van der Waals surface area (Å²) < 4.78 is 2.80. The summed E-state index contributed by atoms with van der Waals surface area (Å²) in [5.74, 6) is 1.15. The number of hydrogen-bond donors (Lipinski definition) is 4. The molecule has 0 radical (unpaired) electrons. The van der Waals surface area contributed by atoms with Crippen LogP contribution in [0.25, 0.3) is 11.0 Å². The molecule has 2 aromatic rings. The predicted molar refractivity (Wildman–Crippen MR) is 84.5 cm³/mol. The van der Waals surface area contributed by atoms with Crippen molar-refractivity contribution in [3.63, 3.8) is 0 Å². The Balaban J connectivity index is 0.000000861. The highest BCUT2D eigenvalue weighted by molar-refractivity contribution is 8.22. The molecule has 2 heterocycles. The van der Waals surface area contributed by atoms with Gasteiger partial charge < -0.3 is 15.0 Å². The standard InChI is InChI=1S/C8H8Cl2N6S.C2H6/c1-12-8-5-4(13-2-14-8)3(6(9)11)7(15-5)16-17-10;1-2/h2,11,15-16H,1H3,(H,12,13,14);1-2H3. The van der Waals surface area contributed by atoms with Crippen LogP contribution in [-0.4, -0.2) is 27.2 Å². The molecule has 0 aliphatic rings. The molecule has 0 atom stereocenters. The van der Waals surface area contributed by atoms with Gasteiger partial charge >= 0.3 is 0 Å². The lowest BCUT2D eigenvalue weighted by atomic mass is 10.3. The zero-order valence-electron chi connectivity index (χ0n) is 10.6. The summed E-state index contributed by atoms with van der Waals surface area (Å²) in [6.45, 7) is 4.00. The maximum Gasteiger partial charge on any atom is 0.153 e. The van der Waals surface area contributed by atoms with Crippen LogP contribution in [0.3, 0.4) is 0 Å². The van der Waals surface area contributed by atoms with Crippen molar-refractivity contribution in [2.24, 2.45) is 0 Å². The maximum absolute atomic E-state index is 7.55. The Labute approximate surface area is 124 Å². The van der Waals surface area contributed by atoms with Crippen LogP contribution in [0.5, 0.6) is 0 Å². The summed E-state index contributed by atoms with van der Waals surface area (Å²) >= 11 is 6.63. The highest BCUT2D eigenvalue weighted by Crippen LogP contribution is 2.31. The van der Waals surface area contributed by atoms with Crippen molar-refractivity contribution in [2.45, 2.75) is 13.8 Å². The molecule has 0 aromatic carbocycles. The van der Waals surface area contributed by atoms with Gasteiger partial charge in [-0.25, -0.2) is 9.97 Å². The van der Waals surface area contributed by atoms with Gasteiger partial charge in [0.2, 0.25) is 0 Å². The molecule has 0 unspecified atom stereocenters. The number of nitrogens with one attached hydrogen (secondary N) is 4. The van der Waals surface area contributed by atoms with Gasteiger partial charge in [0.15, 0.2) is 5.82 Å². The Morgan fingerprint density at radius 1 is 1.42 bits per heavy atom. The van der Waals surface area contributed by atoms with Gasteiger partial charge in [0.05, 0.1) is 16.7 Å². The lowest BCUT2D eigenvalue weighted by molar-refractivity contribution is 1.20. The van der Waals surface area contributed by atoms with E-state index in [-0.39, 0.29) is 5.17 Å². The fourth-order valence-corrected chi connectivity index (χ4v) is 2.16. The SMILES string of the molecule is CC.CNc1ncnc2c(C(=N)Cl)c(NSCl)[nH]c12. The lowest BCUT2D eigenvalue weighted by Gasteiger charge is -1.99. The van der Waals surface area contributed by atoms with Gasteiger partial charge in [-0.15, -0.1) is 0 Å². The second-order valence-corrected chi connectivity index (χ2v) is 4.26. The summed E-state index contributed by atoms with van der Waals surface area (Å²) in [5, 5.41) is 10.4. The number of anilines is 2. The number of aromatic amines is 1. The molecule has 0 aliphatic carbocycles. The van der Waals surface area contributed by atoms with Crippen molar-refractivity contribution >= 4 is 61.3 Å². The number of hydrogen-bond acceptors (Lipinski definition) is 6. The molecule has 4 N–H and O–H groups in total. The first-order chi connectivity index (χ1) is 9.19. The molecule has 0 aliphatic heterocycles. The van der Waals surface area contributed by atoms with Crippen LogP contribution >= 0.6 is 33.4 Å². The zero-order chi connectivity index (χ0) is 14.4. The summed E-state index contributed by atoms with van der Waals surface area (Å²) in [6, 6.07) is 0. The van der Waals surface area contributed by atoms with Crippen molar-refractivity contribution in [1.82, 2.24) is 15.0 Å². The molecule has 0 saturated carbocycles. The second-order valence-electron chi connectivity index (χ2n) is 3.06. The number of fused-ring (bicyclic) bond motifs is 1. The first-order valence-corrected chi connectivity index (χ1v) is 7.53. The normalized spacial score (nSPS) is 9.74. The van der Waals surface area contributed by atoms with Gasteiger partial charge in [-0.3, -0.25) is 5.41 Å². The molecule has 9 heteroatoms. The summed E-state index contributed by atoms with van der Waals surface area (Å²) in [4.78, 5) is 11.2. The van der Waals surface area contributed by atoms with Crippen molar-refractivity contribution in [3.8, 4) is 0 Å². The third kappa shape index (κ3) is 3.23. The Morgan fingerprint density at radius 3 is 2.63 bits per heavy atom. The largest absolute Gasteiger partial charge is 0.371 e. The Morgan fingerprint density at radius 2 is 2.11 bits per heavy atom. The predicted octanol–water partition coefficient (Wildman–Crippen LogP) is 3.80. The van der Waals surface area contributed by atoms with Gasteiger partial charge in [0.25, 0.3) is 0 Å². The van der Waals surface area contributed by atoms with E-state index in [4.69, 9.17) is 27.7 Å². The highest BCUT2D eigenvalue weighted by Gasteiger charge is 2.18. The molecular formula is C10H14Cl2N6S. The molecule has 0 saturated heterocycles. The molecule has 0 bridgehead atoms. The minimum Gasteiger partial charge on any atom is -0.371 e. The Hall–Kier alpha value is -1.18. The van der Waals surface area contributed by atoms with Crippen LogP contribution < -0.4 is 10.0 Å². The average molecular weight is 321 g/mol. The van der Waals surface area contributed by atoms with Crippen molar-refractivity contribution in [2.75, 3.05) is 17.1 Å². The fourth-order valence-electron chi connectivity index (χ4n) is 1.52. The molecule has 2 aromatic heterocycles. The van der Waals surface area contributed by atoms with E-state index in [2.05, 4.69) is 25.0 Å². The first-order valence-electron chi connectivity index (χ1n) is 5.51. The fraction of sp³-hybridized carbons (Fsp3) is 0.300. The van der Waals surface area contributed by atoms with Crippen LogP contribution in [0.4, 0.5) is 11.6 Å². The maximum atomic E-state index is 7.55. The molecular weight excluding hydrogens is 307 g/mol. The molecule has 104 valence electrons. The first kappa shape index (κ1) is 15.9. The van der Waals surface area contributed by atoms with Gasteiger partial charge in [-0.05, 0) is 10.7 Å². The van der Waals surface area contributed by atoms with Gasteiger partial charge in [0.1, 0.15) is 28.3 Å². The Bertz CT molecular complexity index is 570. The lowest BCUT2D eigenvalue weighted by Crippen LogP contribution is -1.95. The third-order valence-corrected chi connectivity index (χ3v) is 2.88. The molecule has 0 amide bonds. The minimum absolute atomic E-state index is 0.120. The molecule has 6 nitrogen and oxygen atoms in total. The van der Waals surface area contributed by atoms with Crippen LogP contribution in [0, 0.1) is 5.41 Å². The molecule has 0 spiro atoms. The molecule has 19 heavy (non-hydrogen) atoms.